The summed E-state index contributed by atoms with van der Waals surface area (Å²) in [7, 11) is 0. The van der Waals surface area contributed by atoms with Gasteiger partial charge in [-0.1, -0.05) is 6.92 Å². The molecule has 7 heteroatoms. The van der Waals surface area contributed by atoms with E-state index >= 15 is 0 Å². The molecule has 1 saturated carbocycles. The van der Waals surface area contributed by atoms with Crippen LogP contribution < -0.4 is 5.73 Å². The van der Waals surface area contributed by atoms with Crippen LogP contribution in [-0.2, 0) is 16.1 Å². The Hall–Kier alpha value is -2.18. The van der Waals surface area contributed by atoms with Crippen LogP contribution in [0, 0.1) is 11.8 Å². The minimum absolute atomic E-state index is 0.0699. The first kappa shape index (κ1) is 12.8. The molecule has 1 aliphatic carbocycles. The number of hydrogen-bond acceptors (Lipinski definition) is 6. The third-order valence-electron chi connectivity index (χ3n) is 3.63. The second kappa shape index (κ2) is 5.07. The van der Waals surface area contributed by atoms with Gasteiger partial charge in [0, 0.05) is 6.54 Å². The summed E-state index contributed by atoms with van der Waals surface area (Å²) in [4.78, 5) is 23.8. The zero-order valence-corrected chi connectivity index (χ0v) is 11.3. The highest BCUT2D eigenvalue weighted by atomic mass is 16.5. The zero-order valence-electron chi connectivity index (χ0n) is 11.3. The molecule has 0 bridgehead atoms. The molecule has 106 valence electrons. The molecule has 20 heavy (non-hydrogen) atoms. The predicted molar refractivity (Wildman–Crippen MR) is 72.6 cm³/mol. The number of aromatic nitrogens is 4. The van der Waals surface area contributed by atoms with Crippen molar-refractivity contribution in [2.24, 2.45) is 11.8 Å². The van der Waals surface area contributed by atoms with Crippen LogP contribution in [0.4, 0.5) is 5.82 Å². The molecule has 2 atom stereocenters. The standard InChI is InChI=1S/C13H17N5O2/c1-8-5-9(8)13(19)20-4-2-3-18-7-17-10-11(14)15-6-16-12(10)18/h6-9H,2-5H2,1H3,(H2,14,15,16)/t8-,9+/m0/s1. The number of esters is 1. The largest absolute Gasteiger partial charge is 0.465 e. The monoisotopic (exact) mass is 275 g/mol. The van der Waals surface area contributed by atoms with Gasteiger partial charge in [0.25, 0.3) is 0 Å². The Balaban J connectivity index is 1.53. The fraction of sp³-hybridized carbons (Fsp3) is 0.538. The number of imidazole rings is 1. The van der Waals surface area contributed by atoms with Gasteiger partial charge < -0.3 is 15.0 Å². The lowest BCUT2D eigenvalue weighted by Gasteiger charge is -2.05. The molecule has 2 heterocycles. The van der Waals surface area contributed by atoms with Crippen molar-refractivity contribution in [1.29, 1.82) is 0 Å². The Bertz CT molecular complexity index is 639. The first-order valence-corrected chi connectivity index (χ1v) is 6.74. The van der Waals surface area contributed by atoms with Crippen LogP contribution in [0.5, 0.6) is 0 Å². The predicted octanol–water partition coefficient (Wildman–Crippen LogP) is 0.998. The second-order valence-electron chi connectivity index (χ2n) is 5.21. The van der Waals surface area contributed by atoms with Crippen molar-refractivity contribution in [3.63, 3.8) is 0 Å². The minimum Gasteiger partial charge on any atom is -0.465 e. The van der Waals surface area contributed by atoms with Gasteiger partial charge >= 0.3 is 5.97 Å². The maximum Gasteiger partial charge on any atom is 0.309 e. The molecule has 2 aromatic rings. The minimum atomic E-state index is -0.0699. The van der Waals surface area contributed by atoms with Gasteiger partial charge in [0.2, 0.25) is 0 Å². The summed E-state index contributed by atoms with van der Waals surface area (Å²) < 4.78 is 7.13. The number of carbonyl (C=O) groups excluding carboxylic acids is 1. The van der Waals surface area contributed by atoms with Crippen molar-refractivity contribution in [2.75, 3.05) is 12.3 Å². The van der Waals surface area contributed by atoms with E-state index in [0.29, 0.717) is 36.1 Å². The van der Waals surface area contributed by atoms with Gasteiger partial charge in [-0.15, -0.1) is 0 Å². The van der Waals surface area contributed by atoms with Crippen LogP contribution >= 0.6 is 0 Å². The van der Waals surface area contributed by atoms with E-state index in [2.05, 4.69) is 21.9 Å². The highest BCUT2D eigenvalue weighted by Gasteiger charge is 2.40. The van der Waals surface area contributed by atoms with E-state index < -0.39 is 0 Å². The second-order valence-corrected chi connectivity index (χ2v) is 5.21. The molecule has 0 saturated heterocycles. The number of carbonyl (C=O) groups is 1. The lowest BCUT2D eigenvalue weighted by Crippen LogP contribution is -2.10. The highest BCUT2D eigenvalue weighted by Crippen LogP contribution is 2.38. The maximum atomic E-state index is 11.6. The molecule has 3 rings (SSSR count). The summed E-state index contributed by atoms with van der Waals surface area (Å²) in [5, 5.41) is 0. The van der Waals surface area contributed by atoms with Gasteiger partial charge in [0.05, 0.1) is 18.9 Å². The Morgan fingerprint density at radius 2 is 2.30 bits per heavy atom. The molecule has 1 aliphatic rings. The van der Waals surface area contributed by atoms with Crippen LogP contribution in [0.2, 0.25) is 0 Å². The fourth-order valence-electron chi connectivity index (χ4n) is 2.23. The average molecular weight is 275 g/mol. The summed E-state index contributed by atoms with van der Waals surface area (Å²) in [6.45, 7) is 3.16. The molecule has 0 aromatic carbocycles. The average Bonchev–Trinajstić information content (AvgIpc) is 3.01. The number of fused-ring (bicyclic) bond motifs is 1. The SMILES string of the molecule is C[C@H]1C[C@H]1C(=O)OCCCn1cnc2c(N)ncnc21. The van der Waals surface area contributed by atoms with Crippen molar-refractivity contribution in [1.82, 2.24) is 19.5 Å². The number of ether oxygens (including phenoxy) is 1. The summed E-state index contributed by atoms with van der Waals surface area (Å²) in [5.41, 5.74) is 7.04. The van der Waals surface area contributed by atoms with Crippen LogP contribution in [0.1, 0.15) is 19.8 Å². The van der Waals surface area contributed by atoms with E-state index in [9.17, 15) is 4.79 Å². The molecule has 0 unspecified atom stereocenters. The third-order valence-corrected chi connectivity index (χ3v) is 3.63. The fourth-order valence-corrected chi connectivity index (χ4v) is 2.23. The third kappa shape index (κ3) is 2.43. The van der Waals surface area contributed by atoms with Crippen molar-refractivity contribution in [2.45, 2.75) is 26.3 Å². The molecule has 0 amide bonds. The number of nitrogen functional groups attached to an aromatic ring is 1. The Morgan fingerprint density at radius 3 is 3.05 bits per heavy atom. The van der Waals surface area contributed by atoms with Gasteiger partial charge in [0.1, 0.15) is 11.8 Å². The lowest BCUT2D eigenvalue weighted by atomic mass is 10.3. The summed E-state index contributed by atoms with van der Waals surface area (Å²) in [6.07, 6.45) is 4.79. The van der Waals surface area contributed by atoms with Crippen molar-refractivity contribution < 1.29 is 9.53 Å². The molecule has 0 spiro atoms. The Kier molecular flexibility index (Phi) is 3.25. The first-order valence-electron chi connectivity index (χ1n) is 6.74. The highest BCUT2D eigenvalue weighted by molar-refractivity contribution is 5.81. The van der Waals surface area contributed by atoms with E-state index in [1.807, 2.05) is 4.57 Å². The maximum absolute atomic E-state index is 11.6. The van der Waals surface area contributed by atoms with Crippen molar-refractivity contribution in [3.8, 4) is 0 Å². The molecule has 0 aliphatic heterocycles. The zero-order chi connectivity index (χ0) is 14.1. The molecule has 0 radical (unpaired) electrons. The molecule has 1 fully saturated rings. The number of rotatable bonds is 5. The van der Waals surface area contributed by atoms with Crippen LogP contribution in [0.15, 0.2) is 12.7 Å². The smallest absolute Gasteiger partial charge is 0.309 e. The van der Waals surface area contributed by atoms with E-state index in [4.69, 9.17) is 10.5 Å². The van der Waals surface area contributed by atoms with E-state index in [0.717, 1.165) is 12.8 Å². The molecule has 2 N–H and O–H groups in total. The van der Waals surface area contributed by atoms with Gasteiger partial charge in [-0.2, -0.15) is 0 Å². The number of anilines is 1. The van der Waals surface area contributed by atoms with E-state index in [1.54, 1.807) is 6.33 Å². The number of aryl methyl sites for hydroxylation is 1. The topological polar surface area (TPSA) is 95.9 Å². The summed E-state index contributed by atoms with van der Waals surface area (Å²) in [5.74, 6) is 0.916. The quantitative estimate of drug-likeness (QED) is 0.646. The van der Waals surface area contributed by atoms with Crippen LogP contribution in [0.3, 0.4) is 0 Å². The van der Waals surface area contributed by atoms with E-state index in [1.165, 1.54) is 6.33 Å². The Labute approximate surface area is 116 Å². The van der Waals surface area contributed by atoms with Gasteiger partial charge in [-0.3, -0.25) is 4.79 Å². The molecule has 7 nitrogen and oxygen atoms in total. The number of hydrogen-bond donors (Lipinski definition) is 1. The van der Waals surface area contributed by atoms with Gasteiger partial charge in [-0.25, -0.2) is 15.0 Å². The molecular weight excluding hydrogens is 258 g/mol. The molecule has 2 aromatic heterocycles. The molecular formula is C13H17N5O2. The number of nitrogens with two attached hydrogens (primary N) is 1. The Morgan fingerprint density at radius 1 is 1.50 bits per heavy atom. The van der Waals surface area contributed by atoms with Crippen LogP contribution in [0.25, 0.3) is 11.2 Å². The number of nitrogens with zero attached hydrogens (tertiary/aromatic N) is 4. The summed E-state index contributed by atoms with van der Waals surface area (Å²) in [6, 6.07) is 0. The lowest BCUT2D eigenvalue weighted by molar-refractivity contribution is -0.145. The van der Waals surface area contributed by atoms with Gasteiger partial charge in [0.15, 0.2) is 11.5 Å². The van der Waals surface area contributed by atoms with Crippen molar-refractivity contribution in [3.05, 3.63) is 12.7 Å². The van der Waals surface area contributed by atoms with E-state index in [-0.39, 0.29) is 11.9 Å². The first-order chi connectivity index (χ1) is 9.66. The van der Waals surface area contributed by atoms with Gasteiger partial charge in [-0.05, 0) is 18.8 Å². The van der Waals surface area contributed by atoms with Crippen LogP contribution in [-0.4, -0.2) is 32.1 Å². The summed E-state index contributed by atoms with van der Waals surface area (Å²) >= 11 is 0. The van der Waals surface area contributed by atoms with Crippen molar-refractivity contribution >= 4 is 23.0 Å². The normalized spacial score (nSPS) is 21.1.